The van der Waals surface area contributed by atoms with Crippen molar-refractivity contribution in [1.29, 1.82) is 0 Å². The molecule has 0 aliphatic rings. The number of methoxy groups -OCH3 is 1. The first kappa shape index (κ1) is 20.1. The van der Waals surface area contributed by atoms with Crippen LogP contribution in [-0.2, 0) is 9.53 Å². The van der Waals surface area contributed by atoms with Gasteiger partial charge in [-0.15, -0.1) is 0 Å². The van der Waals surface area contributed by atoms with Crippen LogP contribution in [-0.4, -0.2) is 41.5 Å². The van der Waals surface area contributed by atoms with Crippen molar-refractivity contribution in [2.24, 2.45) is 5.73 Å². The number of carbonyl (C=O) groups excluding carboxylic acids is 2. The molecule has 1 unspecified atom stereocenters. The molecule has 1 aromatic heterocycles. The average molecular weight is 398 g/mol. The topological polar surface area (TPSA) is 119 Å². The highest BCUT2D eigenvalue weighted by atomic mass is 35.5. The number of anilines is 2. The lowest BCUT2D eigenvalue weighted by Crippen LogP contribution is -2.28. The van der Waals surface area contributed by atoms with Crippen LogP contribution in [0.25, 0.3) is 0 Å². The lowest BCUT2D eigenvalue weighted by Gasteiger charge is -2.14. The van der Waals surface area contributed by atoms with Gasteiger partial charge >= 0.3 is 0 Å². The van der Waals surface area contributed by atoms with Gasteiger partial charge in [0.15, 0.2) is 0 Å². The van der Waals surface area contributed by atoms with Crippen molar-refractivity contribution in [3.05, 3.63) is 46.5 Å². The molecule has 26 heavy (non-hydrogen) atoms. The van der Waals surface area contributed by atoms with Gasteiger partial charge in [-0.1, -0.05) is 23.2 Å². The molecule has 138 valence electrons. The molecule has 0 fully saturated rings. The molecule has 0 spiro atoms. The number of benzene rings is 1. The smallest absolute Gasteiger partial charge is 0.275 e. The Morgan fingerprint density at radius 2 is 1.92 bits per heavy atom. The van der Waals surface area contributed by atoms with E-state index in [9.17, 15) is 9.59 Å². The molecule has 1 aromatic carbocycles. The Balaban J connectivity index is 2.10. The number of rotatable bonds is 7. The van der Waals surface area contributed by atoms with E-state index in [0.29, 0.717) is 5.69 Å². The average Bonchev–Trinajstić information content (AvgIpc) is 2.63. The molecule has 10 heteroatoms. The Morgan fingerprint density at radius 1 is 1.23 bits per heavy atom. The maximum atomic E-state index is 12.1. The third kappa shape index (κ3) is 5.37. The van der Waals surface area contributed by atoms with Gasteiger partial charge in [0, 0.05) is 31.7 Å². The Morgan fingerprint density at radius 3 is 2.46 bits per heavy atom. The first-order valence-corrected chi connectivity index (χ1v) is 8.29. The van der Waals surface area contributed by atoms with E-state index in [1.807, 2.05) is 0 Å². The number of amides is 2. The third-order valence-electron chi connectivity index (χ3n) is 3.37. The quantitative estimate of drug-likeness (QED) is 0.659. The van der Waals surface area contributed by atoms with Crippen molar-refractivity contribution in [3.8, 4) is 0 Å². The zero-order valence-electron chi connectivity index (χ0n) is 13.8. The van der Waals surface area contributed by atoms with Crippen LogP contribution in [0.5, 0.6) is 0 Å². The number of hydrogen-bond donors (Lipinski definition) is 3. The van der Waals surface area contributed by atoms with Crippen LogP contribution in [0.15, 0.2) is 30.7 Å². The number of carbonyl (C=O) groups is 2. The fourth-order valence-corrected chi connectivity index (χ4v) is 2.62. The van der Waals surface area contributed by atoms with E-state index in [-0.39, 0.29) is 46.4 Å². The van der Waals surface area contributed by atoms with E-state index in [4.69, 9.17) is 33.7 Å². The lowest BCUT2D eigenvalue weighted by molar-refractivity contribution is -0.118. The highest BCUT2D eigenvalue weighted by Crippen LogP contribution is 2.34. The van der Waals surface area contributed by atoms with E-state index in [2.05, 4.69) is 20.6 Å². The summed E-state index contributed by atoms with van der Waals surface area (Å²) >= 11 is 12.4. The monoisotopic (exact) mass is 397 g/mol. The van der Waals surface area contributed by atoms with E-state index < -0.39 is 5.91 Å². The number of halogens is 2. The number of ether oxygens (including phenoxy) is 1. The minimum atomic E-state index is -0.510. The largest absolute Gasteiger partial charge is 0.380 e. The molecule has 2 aromatic rings. The second kappa shape index (κ2) is 9.44. The van der Waals surface area contributed by atoms with Gasteiger partial charge in [0.25, 0.3) is 5.91 Å². The summed E-state index contributed by atoms with van der Waals surface area (Å²) in [6.45, 7) is 0.221. The second-order valence-electron chi connectivity index (χ2n) is 5.21. The van der Waals surface area contributed by atoms with Crippen LogP contribution >= 0.6 is 23.2 Å². The number of nitrogens with zero attached hydrogens (tertiary/aromatic N) is 2. The summed E-state index contributed by atoms with van der Waals surface area (Å²) in [7, 11) is 1.48. The van der Waals surface area contributed by atoms with E-state index >= 15 is 0 Å². The van der Waals surface area contributed by atoms with Gasteiger partial charge in [-0.25, -0.2) is 4.98 Å². The van der Waals surface area contributed by atoms with Gasteiger partial charge < -0.3 is 21.1 Å². The maximum absolute atomic E-state index is 12.1. The molecular weight excluding hydrogens is 381 g/mol. The van der Waals surface area contributed by atoms with Gasteiger partial charge in [0.1, 0.15) is 5.69 Å². The Bertz CT molecular complexity index is 762. The van der Waals surface area contributed by atoms with Crippen molar-refractivity contribution in [3.63, 3.8) is 0 Å². The summed E-state index contributed by atoms with van der Waals surface area (Å²) in [4.78, 5) is 31.9. The highest BCUT2D eigenvalue weighted by Gasteiger charge is 2.16. The van der Waals surface area contributed by atoms with Gasteiger partial charge in [0.2, 0.25) is 5.91 Å². The van der Waals surface area contributed by atoms with Crippen LogP contribution in [0.2, 0.25) is 10.0 Å². The molecule has 0 aliphatic carbocycles. The standard InChI is InChI=1S/C16H17Cl2N5O3/c1-26-10(7-19)6-14(24)22-9-4-11(17)15(12(18)5-9)23-16(25)13-8-20-2-3-21-13/h2-5,8,10H,6-7,19H2,1H3,(H,22,24)(H,23,25). The minimum Gasteiger partial charge on any atom is -0.380 e. The summed E-state index contributed by atoms with van der Waals surface area (Å²) in [6, 6.07) is 2.95. The van der Waals surface area contributed by atoms with Crippen LogP contribution in [0.3, 0.4) is 0 Å². The molecule has 0 aliphatic heterocycles. The maximum Gasteiger partial charge on any atom is 0.275 e. The van der Waals surface area contributed by atoms with Gasteiger partial charge in [0.05, 0.1) is 34.5 Å². The summed E-state index contributed by atoms with van der Waals surface area (Å²) < 4.78 is 5.06. The van der Waals surface area contributed by atoms with Crippen molar-refractivity contribution >= 4 is 46.4 Å². The molecule has 0 radical (unpaired) electrons. The predicted octanol–water partition coefficient (Wildman–Crippen LogP) is 2.34. The fraction of sp³-hybridized carbons (Fsp3) is 0.250. The van der Waals surface area contributed by atoms with Crippen LogP contribution < -0.4 is 16.4 Å². The summed E-state index contributed by atoms with van der Waals surface area (Å²) in [6.07, 6.45) is 3.87. The molecule has 1 heterocycles. The zero-order chi connectivity index (χ0) is 19.1. The molecule has 0 bridgehead atoms. The van der Waals surface area contributed by atoms with E-state index in [1.165, 1.54) is 37.8 Å². The first-order valence-electron chi connectivity index (χ1n) is 7.53. The van der Waals surface area contributed by atoms with Crippen LogP contribution in [0, 0.1) is 0 Å². The van der Waals surface area contributed by atoms with Crippen molar-refractivity contribution in [1.82, 2.24) is 9.97 Å². The third-order valence-corrected chi connectivity index (χ3v) is 3.97. The van der Waals surface area contributed by atoms with E-state index in [0.717, 1.165) is 0 Å². The Hall–Kier alpha value is -2.26. The lowest BCUT2D eigenvalue weighted by atomic mass is 10.2. The van der Waals surface area contributed by atoms with Crippen LogP contribution in [0.1, 0.15) is 16.9 Å². The molecule has 8 nitrogen and oxygen atoms in total. The summed E-state index contributed by atoms with van der Waals surface area (Å²) in [5.41, 5.74) is 6.20. The molecule has 4 N–H and O–H groups in total. The van der Waals surface area contributed by atoms with Crippen LogP contribution in [0.4, 0.5) is 11.4 Å². The number of aromatic nitrogens is 2. The van der Waals surface area contributed by atoms with Gasteiger partial charge in [-0.2, -0.15) is 0 Å². The number of nitrogens with one attached hydrogen (secondary N) is 2. The molecule has 2 rings (SSSR count). The fourth-order valence-electron chi connectivity index (χ4n) is 2.04. The minimum absolute atomic E-state index is 0.0907. The predicted molar refractivity (Wildman–Crippen MR) is 99.5 cm³/mol. The Labute approximate surface area is 160 Å². The van der Waals surface area contributed by atoms with E-state index in [1.54, 1.807) is 0 Å². The molecule has 0 saturated heterocycles. The molecule has 1 atom stereocenters. The summed E-state index contributed by atoms with van der Waals surface area (Å²) in [5, 5.41) is 5.55. The number of hydrogen-bond acceptors (Lipinski definition) is 6. The SMILES string of the molecule is COC(CN)CC(=O)Nc1cc(Cl)c(NC(=O)c2cnccn2)c(Cl)c1. The van der Waals surface area contributed by atoms with Gasteiger partial charge in [-0.05, 0) is 12.1 Å². The Kier molecular flexibility index (Phi) is 7.28. The first-order chi connectivity index (χ1) is 12.4. The molecule has 0 saturated carbocycles. The van der Waals surface area contributed by atoms with Crippen molar-refractivity contribution in [2.45, 2.75) is 12.5 Å². The number of nitrogens with two attached hydrogens (primary N) is 1. The van der Waals surface area contributed by atoms with Crippen molar-refractivity contribution < 1.29 is 14.3 Å². The molecular formula is C16H17Cl2N5O3. The summed E-state index contributed by atoms with van der Waals surface area (Å²) in [5.74, 6) is -0.810. The molecule has 2 amide bonds. The highest BCUT2D eigenvalue weighted by molar-refractivity contribution is 6.40. The second-order valence-corrected chi connectivity index (χ2v) is 6.02. The van der Waals surface area contributed by atoms with Crippen molar-refractivity contribution in [2.75, 3.05) is 24.3 Å². The zero-order valence-corrected chi connectivity index (χ0v) is 15.3. The normalized spacial score (nSPS) is 11.7. The van der Waals surface area contributed by atoms with Gasteiger partial charge in [-0.3, -0.25) is 14.6 Å².